The summed E-state index contributed by atoms with van der Waals surface area (Å²) in [7, 11) is 0. The molecule has 3 fully saturated rings. The average molecular weight is 389 g/mol. The highest BCUT2D eigenvalue weighted by atomic mass is 32.2. The number of hydrogen-bond acceptors (Lipinski definition) is 6. The monoisotopic (exact) mass is 389 g/mol. The maximum absolute atomic E-state index is 13.4. The van der Waals surface area contributed by atoms with Gasteiger partial charge in [-0.25, -0.2) is 4.79 Å². The van der Waals surface area contributed by atoms with Crippen LogP contribution >= 0.6 is 11.8 Å². The molecule has 0 spiro atoms. The number of anilines is 1. The Hall–Kier alpha value is -2.22. The average Bonchev–Trinajstić information content (AvgIpc) is 3.28. The predicted molar refractivity (Wildman–Crippen MR) is 102 cm³/mol. The van der Waals surface area contributed by atoms with Crippen molar-refractivity contribution in [1.29, 1.82) is 0 Å². The molecule has 0 bridgehead atoms. The fourth-order valence-corrected chi connectivity index (χ4v) is 5.92. The lowest BCUT2D eigenvalue weighted by atomic mass is 9.95. The molecule has 0 unspecified atom stereocenters. The Morgan fingerprint density at radius 1 is 1.33 bits per heavy atom. The van der Waals surface area contributed by atoms with Crippen molar-refractivity contribution in [3.63, 3.8) is 0 Å². The molecule has 8 heteroatoms. The van der Waals surface area contributed by atoms with E-state index in [0.29, 0.717) is 30.0 Å². The normalized spacial score (nSPS) is 29.7. The molecule has 3 aliphatic heterocycles. The molecule has 4 rings (SSSR count). The highest BCUT2D eigenvalue weighted by Crippen LogP contribution is 2.53. The van der Waals surface area contributed by atoms with Gasteiger partial charge in [0.15, 0.2) is 0 Å². The number of fused-ring (bicyclic) bond motifs is 2. The van der Waals surface area contributed by atoms with Gasteiger partial charge in [-0.05, 0) is 32.8 Å². The van der Waals surface area contributed by atoms with Gasteiger partial charge in [0, 0.05) is 23.5 Å². The van der Waals surface area contributed by atoms with Crippen molar-refractivity contribution in [2.75, 3.05) is 24.6 Å². The fourth-order valence-electron chi connectivity index (χ4n) is 4.36. The molecule has 2 amide bonds. The Labute approximate surface area is 162 Å². The van der Waals surface area contributed by atoms with E-state index in [2.05, 4.69) is 0 Å². The number of aryl methyl sites for hydroxylation is 1. The molecule has 144 valence electrons. The van der Waals surface area contributed by atoms with Gasteiger partial charge in [-0.2, -0.15) is 0 Å². The summed E-state index contributed by atoms with van der Waals surface area (Å²) >= 11 is 1.27. The molecule has 3 atom stereocenters. The lowest BCUT2D eigenvalue weighted by Gasteiger charge is -2.45. The van der Waals surface area contributed by atoms with Gasteiger partial charge in [-0.3, -0.25) is 14.5 Å². The molecule has 0 saturated carbocycles. The summed E-state index contributed by atoms with van der Waals surface area (Å²) in [4.78, 5) is 41.4. The number of benzene rings is 1. The molecule has 0 aliphatic carbocycles. The maximum Gasteiger partial charge on any atom is 0.347 e. The quantitative estimate of drug-likeness (QED) is 0.618. The van der Waals surface area contributed by atoms with Crippen LogP contribution in [-0.2, 0) is 24.0 Å². The SMILES string of the molecule is CCOC(=O)[C@@]1(c2cc(C)ccc2N)SC[C@H]2C(=O)N3CCC[C@H]3C(=O)N21. The van der Waals surface area contributed by atoms with Crippen LogP contribution in [0.1, 0.15) is 30.9 Å². The summed E-state index contributed by atoms with van der Waals surface area (Å²) in [5.41, 5.74) is 8.11. The first-order valence-corrected chi connectivity index (χ1v) is 10.2. The molecule has 7 nitrogen and oxygen atoms in total. The summed E-state index contributed by atoms with van der Waals surface area (Å²) in [6.45, 7) is 4.41. The van der Waals surface area contributed by atoms with Crippen molar-refractivity contribution in [1.82, 2.24) is 9.80 Å². The Balaban J connectivity index is 1.89. The van der Waals surface area contributed by atoms with Gasteiger partial charge in [0.1, 0.15) is 12.1 Å². The van der Waals surface area contributed by atoms with Gasteiger partial charge in [0.05, 0.1) is 6.61 Å². The van der Waals surface area contributed by atoms with Crippen LogP contribution in [0, 0.1) is 6.92 Å². The topological polar surface area (TPSA) is 92.9 Å². The van der Waals surface area contributed by atoms with Crippen LogP contribution in [0.3, 0.4) is 0 Å². The number of thioether (sulfide) groups is 1. The Kier molecular flexibility index (Phi) is 4.33. The van der Waals surface area contributed by atoms with E-state index < -0.39 is 22.9 Å². The summed E-state index contributed by atoms with van der Waals surface area (Å²) in [6, 6.07) is 4.25. The lowest BCUT2D eigenvalue weighted by molar-refractivity contribution is -0.169. The number of esters is 1. The zero-order valence-electron chi connectivity index (χ0n) is 15.4. The summed E-state index contributed by atoms with van der Waals surface area (Å²) < 4.78 is 5.39. The first-order chi connectivity index (χ1) is 12.9. The van der Waals surface area contributed by atoms with Crippen molar-refractivity contribution in [2.24, 2.45) is 0 Å². The Bertz CT molecular complexity index is 829. The van der Waals surface area contributed by atoms with Crippen LogP contribution in [0.2, 0.25) is 0 Å². The molecular weight excluding hydrogens is 366 g/mol. The molecule has 3 heterocycles. The zero-order chi connectivity index (χ0) is 19.3. The molecular formula is C19H23N3O4S. The van der Waals surface area contributed by atoms with Crippen LogP contribution < -0.4 is 5.73 Å². The number of piperazine rings is 1. The first-order valence-electron chi connectivity index (χ1n) is 9.23. The third kappa shape index (κ3) is 2.46. The number of amides is 2. The summed E-state index contributed by atoms with van der Waals surface area (Å²) in [5.74, 6) is -0.458. The van der Waals surface area contributed by atoms with Gasteiger partial charge in [0.2, 0.25) is 16.7 Å². The van der Waals surface area contributed by atoms with Crippen molar-refractivity contribution in [2.45, 2.75) is 43.6 Å². The van der Waals surface area contributed by atoms with Crippen LogP contribution in [-0.4, -0.2) is 58.6 Å². The third-order valence-corrected chi connectivity index (χ3v) is 7.05. The van der Waals surface area contributed by atoms with E-state index in [1.807, 2.05) is 19.1 Å². The van der Waals surface area contributed by atoms with E-state index in [4.69, 9.17) is 10.5 Å². The molecule has 2 N–H and O–H groups in total. The number of hydrogen-bond donors (Lipinski definition) is 1. The molecule has 0 aromatic heterocycles. The number of nitrogens with zero attached hydrogens (tertiary/aromatic N) is 2. The minimum atomic E-state index is -1.42. The third-order valence-electron chi connectivity index (χ3n) is 5.57. The van der Waals surface area contributed by atoms with Crippen LogP contribution in [0.15, 0.2) is 18.2 Å². The van der Waals surface area contributed by atoms with Crippen LogP contribution in [0.5, 0.6) is 0 Å². The van der Waals surface area contributed by atoms with Crippen LogP contribution in [0.4, 0.5) is 5.69 Å². The smallest absolute Gasteiger partial charge is 0.347 e. The highest BCUT2D eigenvalue weighted by Gasteiger charge is 2.64. The van der Waals surface area contributed by atoms with Crippen LogP contribution in [0.25, 0.3) is 0 Å². The van der Waals surface area contributed by atoms with Gasteiger partial charge in [-0.1, -0.05) is 17.7 Å². The minimum Gasteiger partial charge on any atom is -0.463 e. The predicted octanol–water partition coefficient (Wildman–Crippen LogP) is 1.24. The number of nitrogen functional groups attached to an aromatic ring is 1. The van der Waals surface area contributed by atoms with Gasteiger partial charge >= 0.3 is 5.97 Å². The largest absolute Gasteiger partial charge is 0.463 e. The zero-order valence-corrected chi connectivity index (χ0v) is 16.3. The molecule has 0 radical (unpaired) electrons. The fraction of sp³-hybridized carbons (Fsp3) is 0.526. The molecule has 3 aliphatic rings. The van der Waals surface area contributed by atoms with Crippen molar-refractivity contribution >= 4 is 35.2 Å². The van der Waals surface area contributed by atoms with E-state index in [9.17, 15) is 14.4 Å². The molecule has 1 aromatic carbocycles. The van der Waals surface area contributed by atoms with Gasteiger partial charge < -0.3 is 15.4 Å². The second-order valence-electron chi connectivity index (χ2n) is 7.18. The highest BCUT2D eigenvalue weighted by molar-refractivity contribution is 8.01. The molecule has 27 heavy (non-hydrogen) atoms. The van der Waals surface area contributed by atoms with E-state index in [0.717, 1.165) is 12.0 Å². The summed E-state index contributed by atoms with van der Waals surface area (Å²) in [6.07, 6.45) is 1.43. The molecule has 3 saturated heterocycles. The number of carbonyl (C=O) groups excluding carboxylic acids is 3. The first kappa shape index (κ1) is 18.2. The van der Waals surface area contributed by atoms with Crippen molar-refractivity contribution in [3.05, 3.63) is 29.3 Å². The number of carbonyl (C=O) groups is 3. The maximum atomic E-state index is 13.4. The lowest BCUT2D eigenvalue weighted by Crippen LogP contribution is -2.66. The van der Waals surface area contributed by atoms with Gasteiger partial charge in [0.25, 0.3) is 0 Å². The summed E-state index contributed by atoms with van der Waals surface area (Å²) in [5, 5.41) is 0. The second-order valence-corrected chi connectivity index (χ2v) is 8.39. The van der Waals surface area contributed by atoms with E-state index in [1.54, 1.807) is 17.9 Å². The molecule has 1 aromatic rings. The Morgan fingerprint density at radius 3 is 2.85 bits per heavy atom. The standard InChI is InChI=1S/C19H23N3O4S/c1-3-26-18(25)19(12-9-11(2)6-7-13(12)20)22-15(10-27-19)16(23)21-8-4-5-14(21)17(22)24/h6-7,9,14-15H,3-5,8,10,20H2,1-2H3/t14-,15-,19+/m0/s1. The second kappa shape index (κ2) is 6.44. The van der Waals surface area contributed by atoms with Crippen molar-refractivity contribution < 1.29 is 19.1 Å². The number of ether oxygens (including phenoxy) is 1. The number of rotatable bonds is 3. The Morgan fingerprint density at radius 2 is 2.11 bits per heavy atom. The van der Waals surface area contributed by atoms with E-state index in [1.165, 1.54) is 16.7 Å². The van der Waals surface area contributed by atoms with Gasteiger partial charge in [-0.15, -0.1) is 11.8 Å². The van der Waals surface area contributed by atoms with Crippen molar-refractivity contribution in [3.8, 4) is 0 Å². The van der Waals surface area contributed by atoms with E-state index in [-0.39, 0.29) is 18.4 Å². The van der Waals surface area contributed by atoms with E-state index >= 15 is 0 Å². The number of nitrogens with two attached hydrogens (primary N) is 1. The minimum absolute atomic E-state index is 0.0815.